The van der Waals surface area contributed by atoms with E-state index in [9.17, 15) is 19.2 Å². The molecule has 2 aromatic carbocycles. The fourth-order valence-corrected chi connectivity index (χ4v) is 2.56. The summed E-state index contributed by atoms with van der Waals surface area (Å²) in [6.07, 6.45) is 0.783. The molecule has 0 fully saturated rings. The van der Waals surface area contributed by atoms with Gasteiger partial charge in [-0.05, 0) is 55.0 Å². The fraction of sp³-hybridized carbons (Fsp3) is 0.238. The lowest BCUT2D eigenvalue weighted by atomic mass is 10.1. The lowest BCUT2D eigenvalue weighted by molar-refractivity contribution is -0.117. The minimum Gasteiger partial charge on any atom is -0.355 e. The molecular formula is C21H24N4O4. The van der Waals surface area contributed by atoms with Crippen molar-refractivity contribution < 1.29 is 19.2 Å². The summed E-state index contributed by atoms with van der Waals surface area (Å²) in [5.41, 5.74) is 2.18. The Labute approximate surface area is 169 Å². The molecule has 4 amide bonds. The molecule has 0 heterocycles. The average Bonchev–Trinajstić information content (AvgIpc) is 2.73. The fourth-order valence-electron chi connectivity index (χ4n) is 2.56. The normalized spacial score (nSPS) is 10.0. The third-order valence-corrected chi connectivity index (χ3v) is 4.12. The Hall–Kier alpha value is -3.68. The summed E-state index contributed by atoms with van der Waals surface area (Å²) < 4.78 is 0. The number of carbonyl (C=O) groups excluding carboxylic acids is 4. The summed E-state index contributed by atoms with van der Waals surface area (Å²) >= 11 is 0. The molecule has 0 aliphatic carbocycles. The molecule has 4 N–H and O–H groups in total. The van der Waals surface area contributed by atoms with E-state index in [-0.39, 0.29) is 36.5 Å². The van der Waals surface area contributed by atoms with Crippen LogP contribution in [-0.4, -0.2) is 37.7 Å². The van der Waals surface area contributed by atoms with Gasteiger partial charge in [-0.3, -0.25) is 19.2 Å². The highest BCUT2D eigenvalue weighted by molar-refractivity contribution is 5.97. The van der Waals surface area contributed by atoms with Crippen molar-refractivity contribution in [3.8, 4) is 0 Å². The van der Waals surface area contributed by atoms with E-state index in [0.29, 0.717) is 28.9 Å². The number of benzene rings is 2. The van der Waals surface area contributed by atoms with Crippen LogP contribution in [0.15, 0.2) is 48.5 Å². The lowest BCUT2D eigenvalue weighted by Gasteiger charge is -2.08. The van der Waals surface area contributed by atoms with Gasteiger partial charge in [0.1, 0.15) is 0 Å². The zero-order chi connectivity index (χ0) is 21.2. The Morgan fingerprint density at radius 1 is 0.621 bits per heavy atom. The van der Waals surface area contributed by atoms with Gasteiger partial charge >= 0.3 is 0 Å². The number of hydrogen-bond donors (Lipinski definition) is 4. The maximum absolute atomic E-state index is 12.0. The number of amides is 4. The maximum atomic E-state index is 12.0. The Kier molecular flexibility index (Phi) is 7.90. The van der Waals surface area contributed by atoms with Gasteiger partial charge in [0.2, 0.25) is 11.8 Å². The van der Waals surface area contributed by atoms with Gasteiger partial charge in [0.05, 0.1) is 0 Å². The monoisotopic (exact) mass is 396 g/mol. The minimum atomic E-state index is -0.208. The molecule has 0 saturated carbocycles. The molecule has 2 aromatic rings. The topological polar surface area (TPSA) is 116 Å². The van der Waals surface area contributed by atoms with Gasteiger partial charge in [0.25, 0.3) is 11.8 Å². The lowest BCUT2D eigenvalue weighted by Crippen LogP contribution is -2.18. The van der Waals surface area contributed by atoms with Gasteiger partial charge in [-0.15, -0.1) is 0 Å². The zero-order valence-corrected chi connectivity index (χ0v) is 16.4. The molecule has 0 aliphatic heterocycles. The van der Waals surface area contributed by atoms with Crippen molar-refractivity contribution in [2.45, 2.75) is 19.3 Å². The first-order chi connectivity index (χ1) is 13.9. The summed E-state index contributed by atoms with van der Waals surface area (Å²) in [4.78, 5) is 47.0. The predicted molar refractivity (Wildman–Crippen MR) is 111 cm³/mol. The molecule has 29 heavy (non-hydrogen) atoms. The Balaban J connectivity index is 1.73. The van der Waals surface area contributed by atoms with Gasteiger partial charge in [0.15, 0.2) is 0 Å². The van der Waals surface area contributed by atoms with Crippen molar-refractivity contribution in [2.24, 2.45) is 0 Å². The third-order valence-electron chi connectivity index (χ3n) is 4.12. The van der Waals surface area contributed by atoms with Crippen LogP contribution in [0.4, 0.5) is 11.4 Å². The standard InChI is InChI=1S/C21H24N4O4/c1-22-20(28)14-6-10-16(11-7-14)24-18(26)4-3-5-19(27)25-17-12-8-15(9-13-17)21(29)23-2/h6-13H,3-5H2,1-2H3,(H,22,28)(H,23,29)(H,24,26)(H,25,27). The Morgan fingerprint density at radius 3 is 1.28 bits per heavy atom. The first kappa shape index (κ1) is 21.6. The minimum absolute atomic E-state index is 0.195. The second kappa shape index (κ2) is 10.6. The smallest absolute Gasteiger partial charge is 0.251 e. The first-order valence-corrected chi connectivity index (χ1v) is 9.17. The van der Waals surface area contributed by atoms with Crippen LogP contribution in [0.2, 0.25) is 0 Å². The van der Waals surface area contributed by atoms with Crippen molar-refractivity contribution in [1.82, 2.24) is 10.6 Å². The number of anilines is 2. The van der Waals surface area contributed by atoms with Crippen LogP contribution < -0.4 is 21.3 Å². The summed E-state index contributed by atoms with van der Waals surface area (Å²) in [6.45, 7) is 0. The summed E-state index contributed by atoms with van der Waals surface area (Å²) in [6, 6.07) is 13.1. The van der Waals surface area contributed by atoms with Gasteiger partial charge in [0, 0.05) is 49.4 Å². The molecule has 2 rings (SSSR count). The molecule has 8 heteroatoms. The maximum Gasteiger partial charge on any atom is 0.251 e. The van der Waals surface area contributed by atoms with Crippen molar-refractivity contribution in [2.75, 3.05) is 24.7 Å². The van der Waals surface area contributed by atoms with E-state index in [1.54, 1.807) is 62.6 Å². The molecular weight excluding hydrogens is 372 g/mol. The molecule has 0 saturated heterocycles. The van der Waals surface area contributed by atoms with Crippen molar-refractivity contribution in [1.29, 1.82) is 0 Å². The highest BCUT2D eigenvalue weighted by Gasteiger charge is 2.08. The Bertz CT molecular complexity index is 803. The Morgan fingerprint density at radius 2 is 0.966 bits per heavy atom. The second-order valence-corrected chi connectivity index (χ2v) is 6.26. The van der Waals surface area contributed by atoms with Crippen LogP contribution in [0.3, 0.4) is 0 Å². The van der Waals surface area contributed by atoms with Crippen molar-refractivity contribution in [3.05, 3.63) is 59.7 Å². The molecule has 0 atom stereocenters. The molecule has 152 valence electrons. The van der Waals surface area contributed by atoms with Gasteiger partial charge in [-0.25, -0.2) is 0 Å². The van der Waals surface area contributed by atoms with Crippen LogP contribution in [0.1, 0.15) is 40.0 Å². The molecule has 0 radical (unpaired) electrons. The highest BCUT2D eigenvalue weighted by Crippen LogP contribution is 2.12. The largest absolute Gasteiger partial charge is 0.355 e. The van der Waals surface area contributed by atoms with Gasteiger partial charge in [-0.1, -0.05) is 0 Å². The zero-order valence-electron chi connectivity index (χ0n) is 16.4. The second-order valence-electron chi connectivity index (χ2n) is 6.26. The molecule has 0 aliphatic rings. The van der Waals surface area contributed by atoms with Crippen LogP contribution >= 0.6 is 0 Å². The number of nitrogens with one attached hydrogen (secondary N) is 4. The number of carbonyl (C=O) groups is 4. The van der Waals surface area contributed by atoms with Crippen LogP contribution in [0.25, 0.3) is 0 Å². The summed E-state index contributed by atoms with van der Waals surface area (Å²) in [5.74, 6) is -0.810. The van der Waals surface area contributed by atoms with E-state index in [1.165, 1.54) is 0 Å². The molecule has 0 bridgehead atoms. The van der Waals surface area contributed by atoms with Crippen molar-refractivity contribution in [3.63, 3.8) is 0 Å². The van der Waals surface area contributed by atoms with E-state index in [2.05, 4.69) is 21.3 Å². The van der Waals surface area contributed by atoms with Crippen LogP contribution in [-0.2, 0) is 9.59 Å². The van der Waals surface area contributed by atoms with Crippen LogP contribution in [0, 0.1) is 0 Å². The van der Waals surface area contributed by atoms with Gasteiger partial charge in [-0.2, -0.15) is 0 Å². The molecule has 0 aromatic heterocycles. The van der Waals surface area contributed by atoms with E-state index in [4.69, 9.17) is 0 Å². The van der Waals surface area contributed by atoms with Gasteiger partial charge < -0.3 is 21.3 Å². The highest BCUT2D eigenvalue weighted by atomic mass is 16.2. The third kappa shape index (κ3) is 6.76. The van der Waals surface area contributed by atoms with Crippen LogP contribution in [0.5, 0.6) is 0 Å². The van der Waals surface area contributed by atoms with E-state index < -0.39 is 0 Å². The predicted octanol–water partition coefficient (Wildman–Crippen LogP) is 2.15. The van der Waals surface area contributed by atoms with E-state index in [1.807, 2.05) is 0 Å². The number of hydrogen-bond acceptors (Lipinski definition) is 4. The molecule has 0 spiro atoms. The average molecular weight is 396 g/mol. The first-order valence-electron chi connectivity index (χ1n) is 9.17. The summed E-state index contributed by atoms with van der Waals surface area (Å²) in [5, 5.41) is 10.5. The summed E-state index contributed by atoms with van der Waals surface area (Å²) in [7, 11) is 3.10. The van der Waals surface area contributed by atoms with E-state index in [0.717, 1.165) is 0 Å². The van der Waals surface area contributed by atoms with Crippen molar-refractivity contribution >= 4 is 35.0 Å². The SMILES string of the molecule is CNC(=O)c1ccc(NC(=O)CCCC(=O)Nc2ccc(C(=O)NC)cc2)cc1. The molecule has 0 unspecified atom stereocenters. The quantitative estimate of drug-likeness (QED) is 0.547. The molecule has 8 nitrogen and oxygen atoms in total. The number of rotatable bonds is 8. The van der Waals surface area contributed by atoms with E-state index >= 15 is 0 Å².